The fourth-order valence-electron chi connectivity index (χ4n) is 3.17. The van der Waals surface area contributed by atoms with Crippen LogP contribution in [0.4, 0.5) is 0 Å². The highest BCUT2D eigenvalue weighted by Crippen LogP contribution is 2.22. The molecule has 2 rings (SSSR count). The Balaban J connectivity index is 1.75. The van der Waals surface area contributed by atoms with Crippen LogP contribution in [0.25, 0.3) is 0 Å². The zero-order valence-electron chi connectivity index (χ0n) is 11.5. The molecule has 0 amide bonds. The van der Waals surface area contributed by atoms with Crippen molar-refractivity contribution in [2.45, 2.75) is 51.6 Å². The molecule has 2 aliphatic rings. The van der Waals surface area contributed by atoms with E-state index in [1.54, 1.807) is 0 Å². The third-order valence-corrected chi connectivity index (χ3v) is 5.57. The Morgan fingerprint density at radius 2 is 2.24 bits per heavy atom. The summed E-state index contributed by atoms with van der Waals surface area (Å²) >= 11 is 2.12. The lowest BCUT2D eigenvalue weighted by molar-refractivity contribution is 0.153. The fourth-order valence-corrected chi connectivity index (χ4v) is 4.25. The van der Waals surface area contributed by atoms with Gasteiger partial charge in [-0.05, 0) is 57.4 Å². The summed E-state index contributed by atoms with van der Waals surface area (Å²) in [7, 11) is 0. The van der Waals surface area contributed by atoms with E-state index in [1.807, 2.05) is 0 Å². The minimum absolute atomic E-state index is 0.702. The lowest BCUT2D eigenvalue weighted by Gasteiger charge is -2.37. The van der Waals surface area contributed by atoms with Crippen molar-refractivity contribution in [1.82, 2.24) is 10.2 Å². The summed E-state index contributed by atoms with van der Waals surface area (Å²) in [5, 5.41) is 3.89. The Morgan fingerprint density at radius 3 is 2.94 bits per heavy atom. The SMILES string of the molecule is CCN1CCCC(C(C)NC2CCCSC2)C1. The summed E-state index contributed by atoms with van der Waals surface area (Å²) in [6, 6.07) is 1.48. The van der Waals surface area contributed by atoms with Gasteiger partial charge in [0.05, 0.1) is 0 Å². The maximum absolute atomic E-state index is 3.89. The molecule has 0 aromatic rings. The Hall–Kier alpha value is 0.270. The predicted molar refractivity (Wildman–Crippen MR) is 77.8 cm³/mol. The van der Waals surface area contributed by atoms with Crippen LogP contribution < -0.4 is 5.32 Å². The van der Waals surface area contributed by atoms with Crippen molar-refractivity contribution in [1.29, 1.82) is 0 Å². The van der Waals surface area contributed by atoms with Crippen molar-refractivity contribution in [3.63, 3.8) is 0 Å². The number of nitrogens with one attached hydrogen (secondary N) is 1. The summed E-state index contributed by atoms with van der Waals surface area (Å²) in [5.74, 6) is 3.57. The quantitative estimate of drug-likeness (QED) is 0.832. The number of hydrogen-bond donors (Lipinski definition) is 1. The molecule has 0 saturated carbocycles. The number of rotatable bonds is 4. The molecule has 0 radical (unpaired) electrons. The number of hydrogen-bond acceptors (Lipinski definition) is 3. The first-order valence-corrected chi connectivity index (χ1v) is 8.51. The first-order valence-electron chi connectivity index (χ1n) is 7.35. The van der Waals surface area contributed by atoms with Crippen LogP contribution in [0.2, 0.25) is 0 Å². The smallest absolute Gasteiger partial charge is 0.0161 e. The van der Waals surface area contributed by atoms with E-state index in [0.29, 0.717) is 6.04 Å². The van der Waals surface area contributed by atoms with Gasteiger partial charge in [0.15, 0.2) is 0 Å². The highest BCUT2D eigenvalue weighted by Gasteiger charge is 2.25. The van der Waals surface area contributed by atoms with Crippen LogP contribution in [0.3, 0.4) is 0 Å². The molecule has 2 aliphatic heterocycles. The monoisotopic (exact) mass is 256 g/mol. The van der Waals surface area contributed by atoms with Gasteiger partial charge in [-0.3, -0.25) is 0 Å². The van der Waals surface area contributed by atoms with Crippen molar-refractivity contribution in [3.8, 4) is 0 Å². The van der Waals surface area contributed by atoms with Crippen molar-refractivity contribution in [2.24, 2.45) is 5.92 Å². The molecule has 3 unspecified atom stereocenters. The second-order valence-corrected chi connectivity index (χ2v) is 6.81. The summed E-state index contributed by atoms with van der Waals surface area (Å²) in [5.41, 5.74) is 0. The van der Waals surface area contributed by atoms with Crippen LogP contribution in [-0.4, -0.2) is 48.1 Å². The second kappa shape index (κ2) is 7.01. The van der Waals surface area contributed by atoms with E-state index in [4.69, 9.17) is 0 Å². The number of nitrogens with zero attached hydrogens (tertiary/aromatic N) is 1. The van der Waals surface area contributed by atoms with Gasteiger partial charge < -0.3 is 10.2 Å². The molecular weight excluding hydrogens is 228 g/mol. The molecule has 2 heterocycles. The van der Waals surface area contributed by atoms with E-state index < -0.39 is 0 Å². The minimum Gasteiger partial charge on any atom is -0.310 e. The van der Waals surface area contributed by atoms with E-state index >= 15 is 0 Å². The summed E-state index contributed by atoms with van der Waals surface area (Å²) < 4.78 is 0. The summed E-state index contributed by atoms with van der Waals surface area (Å²) in [4.78, 5) is 2.61. The Bertz CT molecular complexity index is 216. The van der Waals surface area contributed by atoms with Crippen molar-refractivity contribution < 1.29 is 0 Å². The molecule has 100 valence electrons. The van der Waals surface area contributed by atoms with Crippen molar-refractivity contribution in [3.05, 3.63) is 0 Å². The van der Waals surface area contributed by atoms with Gasteiger partial charge in [0, 0.05) is 24.4 Å². The third kappa shape index (κ3) is 4.15. The van der Waals surface area contributed by atoms with Crippen LogP contribution in [0.15, 0.2) is 0 Å². The van der Waals surface area contributed by atoms with Crippen LogP contribution >= 0.6 is 11.8 Å². The third-order valence-electron chi connectivity index (χ3n) is 4.36. The summed E-state index contributed by atoms with van der Waals surface area (Å²) in [6.07, 6.45) is 5.61. The Labute approximate surface area is 111 Å². The van der Waals surface area contributed by atoms with Crippen LogP contribution in [0, 0.1) is 5.92 Å². The van der Waals surface area contributed by atoms with E-state index in [0.717, 1.165) is 12.0 Å². The zero-order chi connectivity index (χ0) is 12.1. The molecule has 2 nitrogen and oxygen atoms in total. The van der Waals surface area contributed by atoms with Crippen LogP contribution in [0.5, 0.6) is 0 Å². The first kappa shape index (κ1) is 13.7. The van der Waals surface area contributed by atoms with Gasteiger partial charge in [-0.1, -0.05) is 6.92 Å². The van der Waals surface area contributed by atoms with Gasteiger partial charge in [0.25, 0.3) is 0 Å². The van der Waals surface area contributed by atoms with E-state index in [-0.39, 0.29) is 0 Å². The normalized spacial score (nSPS) is 33.5. The molecule has 1 N–H and O–H groups in total. The lowest BCUT2D eigenvalue weighted by Crippen LogP contribution is -2.48. The van der Waals surface area contributed by atoms with Crippen LogP contribution in [-0.2, 0) is 0 Å². The van der Waals surface area contributed by atoms with Gasteiger partial charge in [-0.15, -0.1) is 0 Å². The average Bonchev–Trinajstić information content (AvgIpc) is 2.40. The highest BCUT2D eigenvalue weighted by molar-refractivity contribution is 7.99. The van der Waals surface area contributed by atoms with E-state index in [2.05, 4.69) is 35.8 Å². The van der Waals surface area contributed by atoms with Gasteiger partial charge in [-0.2, -0.15) is 11.8 Å². The Morgan fingerprint density at radius 1 is 1.35 bits per heavy atom. The molecule has 2 fully saturated rings. The maximum atomic E-state index is 3.89. The zero-order valence-corrected chi connectivity index (χ0v) is 12.3. The molecular formula is C14H28N2S. The molecule has 0 aliphatic carbocycles. The Kier molecular flexibility index (Phi) is 5.64. The van der Waals surface area contributed by atoms with E-state index in [1.165, 1.54) is 56.8 Å². The van der Waals surface area contributed by atoms with Gasteiger partial charge in [-0.25, -0.2) is 0 Å². The van der Waals surface area contributed by atoms with Gasteiger partial charge in [0.1, 0.15) is 0 Å². The first-order chi connectivity index (χ1) is 8.29. The molecule has 17 heavy (non-hydrogen) atoms. The largest absolute Gasteiger partial charge is 0.310 e. The molecule has 2 saturated heterocycles. The van der Waals surface area contributed by atoms with Crippen molar-refractivity contribution >= 4 is 11.8 Å². The van der Waals surface area contributed by atoms with Crippen molar-refractivity contribution in [2.75, 3.05) is 31.1 Å². The number of piperidine rings is 1. The number of thioether (sulfide) groups is 1. The van der Waals surface area contributed by atoms with Gasteiger partial charge in [0.2, 0.25) is 0 Å². The summed E-state index contributed by atoms with van der Waals surface area (Å²) in [6.45, 7) is 8.55. The molecule has 0 aromatic carbocycles. The van der Waals surface area contributed by atoms with Crippen LogP contribution in [0.1, 0.15) is 39.5 Å². The predicted octanol–water partition coefficient (Wildman–Crippen LogP) is 2.59. The molecule has 0 bridgehead atoms. The standard InChI is InChI=1S/C14H28N2S/c1-3-16-8-4-6-13(10-16)12(2)15-14-7-5-9-17-11-14/h12-15H,3-11H2,1-2H3. The van der Waals surface area contributed by atoms with Gasteiger partial charge >= 0.3 is 0 Å². The fraction of sp³-hybridized carbons (Fsp3) is 1.00. The lowest BCUT2D eigenvalue weighted by atomic mass is 9.91. The second-order valence-electron chi connectivity index (χ2n) is 5.66. The molecule has 0 aromatic heterocycles. The molecule has 3 heteroatoms. The number of likely N-dealkylation sites (tertiary alicyclic amines) is 1. The topological polar surface area (TPSA) is 15.3 Å². The molecule has 3 atom stereocenters. The molecule has 0 spiro atoms. The highest BCUT2D eigenvalue weighted by atomic mass is 32.2. The average molecular weight is 256 g/mol. The van der Waals surface area contributed by atoms with E-state index in [9.17, 15) is 0 Å². The minimum atomic E-state index is 0.702. The maximum Gasteiger partial charge on any atom is 0.0161 e.